The van der Waals surface area contributed by atoms with Crippen molar-refractivity contribution in [3.63, 3.8) is 0 Å². The van der Waals surface area contributed by atoms with Crippen molar-refractivity contribution in [3.8, 4) is 0 Å². The molecule has 1 amide bonds. The summed E-state index contributed by atoms with van der Waals surface area (Å²) in [5.41, 5.74) is 1.18. The molecule has 0 radical (unpaired) electrons. The first kappa shape index (κ1) is 13.2. The largest absolute Gasteiger partial charge is 0.321 e. The number of amides is 1. The highest BCUT2D eigenvalue weighted by molar-refractivity contribution is 9.11. The van der Waals surface area contributed by atoms with Crippen LogP contribution in [0.5, 0.6) is 0 Å². The standard InChI is InChI=1S/C12H8BrF2NOS/c1-6-4-10(18-11(6)13)12(17)16-7-2-3-8(14)9(15)5-7/h2-5H,1H3,(H,16,17). The predicted octanol–water partition coefficient (Wildman–Crippen LogP) is 4.35. The maximum absolute atomic E-state index is 13.0. The van der Waals surface area contributed by atoms with Gasteiger partial charge in [-0.1, -0.05) is 0 Å². The number of nitrogens with one attached hydrogen (secondary N) is 1. The molecular weight excluding hydrogens is 324 g/mol. The first-order valence-corrected chi connectivity index (χ1v) is 6.60. The first-order valence-electron chi connectivity index (χ1n) is 4.99. The lowest BCUT2D eigenvalue weighted by Gasteiger charge is -2.03. The Kier molecular flexibility index (Phi) is 3.77. The molecule has 1 aromatic heterocycles. The SMILES string of the molecule is Cc1cc(C(=O)Nc2ccc(F)c(F)c2)sc1Br. The number of aryl methyl sites for hydroxylation is 1. The summed E-state index contributed by atoms with van der Waals surface area (Å²) in [6, 6.07) is 4.96. The van der Waals surface area contributed by atoms with Crippen molar-refractivity contribution in [2.45, 2.75) is 6.92 Å². The van der Waals surface area contributed by atoms with Crippen molar-refractivity contribution < 1.29 is 13.6 Å². The number of hydrogen-bond donors (Lipinski definition) is 1. The second kappa shape index (κ2) is 5.16. The number of hydrogen-bond acceptors (Lipinski definition) is 2. The van der Waals surface area contributed by atoms with Crippen LogP contribution < -0.4 is 5.32 Å². The maximum atomic E-state index is 13.0. The van der Waals surface area contributed by atoms with Crippen molar-refractivity contribution in [3.05, 3.63) is 50.1 Å². The molecular formula is C12H8BrF2NOS. The number of rotatable bonds is 2. The van der Waals surface area contributed by atoms with Crippen LogP contribution >= 0.6 is 27.3 Å². The highest BCUT2D eigenvalue weighted by atomic mass is 79.9. The average molecular weight is 332 g/mol. The van der Waals surface area contributed by atoms with E-state index in [1.165, 1.54) is 17.4 Å². The van der Waals surface area contributed by atoms with Gasteiger partial charge in [0, 0.05) is 11.8 Å². The summed E-state index contributed by atoms with van der Waals surface area (Å²) in [5, 5.41) is 2.51. The molecule has 1 heterocycles. The van der Waals surface area contributed by atoms with E-state index in [2.05, 4.69) is 21.2 Å². The Balaban J connectivity index is 2.18. The third-order valence-corrected chi connectivity index (χ3v) is 4.39. The van der Waals surface area contributed by atoms with Gasteiger partial charge < -0.3 is 5.32 Å². The number of anilines is 1. The van der Waals surface area contributed by atoms with E-state index in [9.17, 15) is 13.6 Å². The fourth-order valence-corrected chi connectivity index (χ4v) is 2.77. The molecule has 0 aliphatic heterocycles. The zero-order chi connectivity index (χ0) is 13.3. The molecule has 2 aromatic rings. The number of thiophene rings is 1. The molecule has 0 saturated carbocycles. The molecule has 0 bridgehead atoms. The van der Waals surface area contributed by atoms with Crippen LogP contribution in [0.25, 0.3) is 0 Å². The quantitative estimate of drug-likeness (QED) is 0.870. The lowest BCUT2D eigenvalue weighted by atomic mass is 10.3. The van der Waals surface area contributed by atoms with Crippen LogP contribution in [-0.2, 0) is 0 Å². The van der Waals surface area contributed by atoms with Crippen molar-refractivity contribution in [2.24, 2.45) is 0 Å². The molecule has 6 heteroatoms. The molecule has 2 rings (SSSR count). The minimum Gasteiger partial charge on any atom is -0.321 e. The summed E-state index contributed by atoms with van der Waals surface area (Å²) in [5.74, 6) is -2.28. The zero-order valence-corrected chi connectivity index (χ0v) is 11.7. The molecule has 0 aliphatic rings. The van der Waals surface area contributed by atoms with Crippen LogP contribution in [0.2, 0.25) is 0 Å². The van der Waals surface area contributed by atoms with Crippen LogP contribution in [0.4, 0.5) is 14.5 Å². The Morgan fingerprint density at radius 1 is 1.28 bits per heavy atom. The average Bonchev–Trinajstić information content (AvgIpc) is 2.65. The third-order valence-electron chi connectivity index (χ3n) is 2.26. The molecule has 0 saturated heterocycles. The van der Waals surface area contributed by atoms with Crippen molar-refractivity contribution in [1.82, 2.24) is 0 Å². The summed E-state index contributed by atoms with van der Waals surface area (Å²) >= 11 is 4.61. The lowest BCUT2D eigenvalue weighted by molar-refractivity contribution is 0.103. The molecule has 1 N–H and O–H groups in total. The number of halogens is 3. The second-order valence-corrected chi connectivity index (χ2v) is 6.02. The van der Waals surface area contributed by atoms with E-state index in [-0.39, 0.29) is 11.6 Å². The van der Waals surface area contributed by atoms with Gasteiger partial charge in [-0.2, -0.15) is 0 Å². The highest BCUT2D eigenvalue weighted by Gasteiger charge is 2.12. The third kappa shape index (κ3) is 2.76. The Labute approximate surface area is 115 Å². The van der Waals surface area contributed by atoms with Gasteiger partial charge >= 0.3 is 0 Å². The van der Waals surface area contributed by atoms with Gasteiger partial charge in [-0.25, -0.2) is 8.78 Å². The molecule has 18 heavy (non-hydrogen) atoms. The molecule has 94 valence electrons. The summed E-state index contributed by atoms with van der Waals surface area (Å²) in [4.78, 5) is 12.3. The summed E-state index contributed by atoms with van der Waals surface area (Å²) in [6.45, 7) is 1.87. The molecule has 0 unspecified atom stereocenters. The summed E-state index contributed by atoms with van der Waals surface area (Å²) < 4.78 is 26.6. The van der Waals surface area contributed by atoms with Crippen LogP contribution in [0.3, 0.4) is 0 Å². The topological polar surface area (TPSA) is 29.1 Å². The number of carbonyl (C=O) groups is 1. The van der Waals surface area contributed by atoms with Gasteiger partial charge in [0.15, 0.2) is 11.6 Å². The smallest absolute Gasteiger partial charge is 0.265 e. The fraction of sp³-hybridized carbons (Fsp3) is 0.0833. The van der Waals surface area contributed by atoms with Gasteiger partial charge in [-0.15, -0.1) is 11.3 Å². The molecule has 1 aromatic carbocycles. The van der Waals surface area contributed by atoms with Gasteiger partial charge in [0.1, 0.15) is 0 Å². The van der Waals surface area contributed by atoms with Crippen LogP contribution in [0, 0.1) is 18.6 Å². The first-order chi connectivity index (χ1) is 8.47. The monoisotopic (exact) mass is 331 g/mol. The molecule has 2 nitrogen and oxygen atoms in total. The van der Waals surface area contributed by atoms with Crippen molar-refractivity contribution >= 4 is 38.9 Å². The van der Waals surface area contributed by atoms with E-state index < -0.39 is 11.6 Å². The second-order valence-electron chi connectivity index (χ2n) is 3.65. The fourth-order valence-electron chi connectivity index (χ4n) is 1.34. The van der Waals surface area contributed by atoms with Crippen LogP contribution in [-0.4, -0.2) is 5.91 Å². The summed E-state index contributed by atoms with van der Waals surface area (Å²) in [6.07, 6.45) is 0. The highest BCUT2D eigenvalue weighted by Crippen LogP contribution is 2.28. The number of benzene rings is 1. The van der Waals surface area contributed by atoms with Gasteiger partial charge in [-0.3, -0.25) is 4.79 Å². The van der Waals surface area contributed by atoms with Crippen molar-refractivity contribution in [1.29, 1.82) is 0 Å². The Hall–Kier alpha value is -1.27. The van der Waals surface area contributed by atoms with Gasteiger partial charge in [0.05, 0.1) is 8.66 Å². The van der Waals surface area contributed by atoms with E-state index in [4.69, 9.17) is 0 Å². The van der Waals surface area contributed by atoms with Gasteiger partial charge in [0.25, 0.3) is 5.91 Å². The maximum Gasteiger partial charge on any atom is 0.265 e. The molecule has 0 fully saturated rings. The van der Waals surface area contributed by atoms with E-state index in [0.29, 0.717) is 4.88 Å². The van der Waals surface area contributed by atoms with Gasteiger partial charge in [0.2, 0.25) is 0 Å². The molecule has 0 spiro atoms. The Morgan fingerprint density at radius 3 is 2.56 bits per heavy atom. The Morgan fingerprint density at radius 2 is 2.00 bits per heavy atom. The summed E-state index contributed by atoms with van der Waals surface area (Å²) in [7, 11) is 0. The zero-order valence-electron chi connectivity index (χ0n) is 9.26. The minimum atomic E-state index is -0.989. The van der Waals surface area contributed by atoms with Crippen molar-refractivity contribution in [2.75, 3.05) is 5.32 Å². The van der Waals surface area contributed by atoms with Gasteiger partial charge in [-0.05, 0) is 46.6 Å². The van der Waals surface area contributed by atoms with E-state index in [1.54, 1.807) is 6.07 Å². The lowest BCUT2D eigenvalue weighted by Crippen LogP contribution is -2.10. The molecule has 0 aliphatic carbocycles. The van der Waals surface area contributed by atoms with E-state index in [0.717, 1.165) is 21.5 Å². The normalized spacial score (nSPS) is 10.4. The predicted molar refractivity (Wildman–Crippen MR) is 71.1 cm³/mol. The number of carbonyl (C=O) groups excluding carboxylic acids is 1. The van der Waals surface area contributed by atoms with E-state index in [1.807, 2.05) is 6.92 Å². The minimum absolute atomic E-state index is 0.223. The Bertz CT molecular complexity index is 593. The van der Waals surface area contributed by atoms with Crippen LogP contribution in [0.1, 0.15) is 15.2 Å². The van der Waals surface area contributed by atoms with E-state index >= 15 is 0 Å². The van der Waals surface area contributed by atoms with Crippen LogP contribution in [0.15, 0.2) is 28.1 Å². The molecule has 0 atom stereocenters.